The summed E-state index contributed by atoms with van der Waals surface area (Å²) in [4.78, 5) is 11.4. The van der Waals surface area contributed by atoms with Crippen LogP contribution in [0.15, 0.2) is 41.8 Å². The van der Waals surface area contributed by atoms with Crippen molar-refractivity contribution in [2.75, 3.05) is 0 Å². The Balaban J connectivity index is 2.43. The summed E-state index contributed by atoms with van der Waals surface area (Å²) in [5.41, 5.74) is 0.658. The molecule has 0 radical (unpaired) electrons. The average molecular weight is 266 g/mol. The van der Waals surface area contributed by atoms with Crippen molar-refractivity contribution in [1.29, 1.82) is 0 Å². The second-order valence-electron chi connectivity index (χ2n) is 3.32. The number of benzene rings is 1. The number of nitrogens with zero attached hydrogens (tertiary/aromatic N) is 1. The van der Waals surface area contributed by atoms with E-state index in [1.165, 1.54) is 17.4 Å². The highest BCUT2D eigenvalue weighted by Gasteiger charge is 2.13. The first-order valence-electron chi connectivity index (χ1n) is 4.82. The second-order valence-corrected chi connectivity index (χ2v) is 4.70. The smallest absolute Gasteiger partial charge is 0.258 e. The van der Waals surface area contributed by atoms with Gasteiger partial charge in [-0.15, -0.1) is 11.3 Å². The number of hydrogen-bond acceptors (Lipinski definition) is 3. The van der Waals surface area contributed by atoms with Crippen LogP contribution in [-0.2, 0) is 0 Å². The molecule has 0 saturated heterocycles. The highest BCUT2D eigenvalue weighted by Crippen LogP contribution is 2.25. The Morgan fingerprint density at radius 2 is 2.06 bits per heavy atom. The van der Waals surface area contributed by atoms with Crippen molar-refractivity contribution in [3.63, 3.8) is 0 Å². The Morgan fingerprint density at radius 3 is 2.59 bits per heavy atom. The van der Waals surface area contributed by atoms with Gasteiger partial charge in [0.1, 0.15) is 0 Å². The summed E-state index contributed by atoms with van der Waals surface area (Å²) in [7, 11) is 0. The Hall–Kier alpha value is -1.65. The van der Waals surface area contributed by atoms with Gasteiger partial charge in [-0.2, -0.15) is 0 Å². The minimum Gasteiger partial charge on any atom is -0.258 e. The lowest BCUT2D eigenvalue weighted by molar-refractivity contribution is -0.374. The molecule has 17 heavy (non-hydrogen) atoms. The molecule has 0 saturated carbocycles. The molecule has 1 aromatic carbocycles. The largest absolute Gasteiger partial charge is 0.277 e. The summed E-state index contributed by atoms with van der Waals surface area (Å²) in [6.07, 6.45) is 1.53. The molecule has 86 valence electrons. The van der Waals surface area contributed by atoms with Crippen molar-refractivity contribution < 1.29 is 4.92 Å². The monoisotopic (exact) mass is 265 g/mol. The standard InChI is InChI=1S/C12H8ClNO2S/c13-10-6-11(17-8-10)7-12(14(15)16)9-4-2-1-3-5-9/h1-8H. The van der Waals surface area contributed by atoms with Crippen molar-refractivity contribution in [3.8, 4) is 0 Å². The molecule has 2 rings (SSSR count). The first-order chi connectivity index (χ1) is 8.16. The van der Waals surface area contributed by atoms with Crippen LogP contribution < -0.4 is 0 Å². The van der Waals surface area contributed by atoms with Gasteiger partial charge in [-0.3, -0.25) is 10.1 Å². The molecule has 2 aromatic rings. The minimum atomic E-state index is -0.386. The molecule has 0 spiro atoms. The molecule has 0 unspecified atom stereocenters. The Bertz CT molecular complexity index is 563. The summed E-state index contributed by atoms with van der Waals surface area (Å²) in [6, 6.07) is 10.5. The third-order valence-electron chi connectivity index (χ3n) is 2.13. The number of rotatable bonds is 3. The molecule has 0 fully saturated rings. The Morgan fingerprint density at radius 1 is 1.35 bits per heavy atom. The normalized spacial score (nSPS) is 11.5. The molecule has 0 atom stereocenters. The number of nitro groups is 1. The zero-order chi connectivity index (χ0) is 12.3. The van der Waals surface area contributed by atoms with Gasteiger partial charge < -0.3 is 0 Å². The molecule has 5 heteroatoms. The van der Waals surface area contributed by atoms with E-state index < -0.39 is 0 Å². The molecule has 3 nitrogen and oxygen atoms in total. The molecule has 0 aliphatic rings. The number of thiophene rings is 1. The quantitative estimate of drug-likeness (QED) is 0.617. The lowest BCUT2D eigenvalue weighted by atomic mass is 10.1. The number of hydrogen-bond donors (Lipinski definition) is 0. The van der Waals surface area contributed by atoms with Gasteiger partial charge in [0.25, 0.3) is 5.70 Å². The van der Waals surface area contributed by atoms with Gasteiger partial charge in [-0.25, -0.2) is 0 Å². The summed E-state index contributed by atoms with van der Waals surface area (Å²) in [6.45, 7) is 0. The summed E-state index contributed by atoms with van der Waals surface area (Å²) >= 11 is 7.16. The van der Waals surface area contributed by atoms with Gasteiger partial charge in [0.2, 0.25) is 0 Å². The number of halogens is 1. The lowest BCUT2D eigenvalue weighted by Crippen LogP contribution is -1.96. The molecule has 0 amide bonds. The molecular formula is C12H8ClNO2S. The van der Waals surface area contributed by atoms with Crippen molar-refractivity contribution in [2.24, 2.45) is 0 Å². The van der Waals surface area contributed by atoms with E-state index in [1.54, 1.807) is 35.7 Å². The van der Waals surface area contributed by atoms with E-state index in [0.717, 1.165) is 4.88 Å². The van der Waals surface area contributed by atoms with E-state index in [4.69, 9.17) is 11.6 Å². The summed E-state index contributed by atoms with van der Waals surface area (Å²) in [5, 5.41) is 13.4. The fourth-order valence-electron chi connectivity index (χ4n) is 1.39. The van der Waals surface area contributed by atoms with Crippen molar-refractivity contribution in [3.05, 3.63) is 67.4 Å². The van der Waals surface area contributed by atoms with Crippen LogP contribution in [0, 0.1) is 10.1 Å². The average Bonchev–Trinajstić information content (AvgIpc) is 2.73. The zero-order valence-electron chi connectivity index (χ0n) is 8.67. The van der Waals surface area contributed by atoms with Crippen molar-refractivity contribution >= 4 is 34.7 Å². The minimum absolute atomic E-state index is 0.0733. The lowest BCUT2D eigenvalue weighted by Gasteiger charge is -1.97. The van der Waals surface area contributed by atoms with E-state index in [-0.39, 0.29) is 10.6 Å². The first-order valence-corrected chi connectivity index (χ1v) is 6.08. The maximum Gasteiger partial charge on any atom is 0.277 e. The van der Waals surface area contributed by atoms with E-state index in [2.05, 4.69) is 0 Å². The fraction of sp³-hybridized carbons (Fsp3) is 0. The topological polar surface area (TPSA) is 43.1 Å². The maximum absolute atomic E-state index is 11.0. The van der Waals surface area contributed by atoms with E-state index >= 15 is 0 Å². The molecule has 0 aliphatic heterocycles. The molecule has 0 bridgehead atoms. The molecule has 0 aliphatic carbocycles. The van der Waals surface area contributed by atoms with E-state index in [0.29, 0.717) is 10.6 Å². The van der Waals surface area contributed by atoms with Gasteiger partial charge >= 0.3 is 0 Å². The molecule has 1 aromatic heterocycles. The molecule has 1 heterocycles. The fourth-order valence-corrected chi connectivity index (χ4v) is 2.40. The van der Waals surface area contributed by atoms with Gasteiger partial charge in [-0.05, 0) is 18.2 Å². The second kappa shape index (κ2) is 5.12. The van der Waals surface area contributed by atoms with Crippen LogP contribution in [0.25, 0.3) is 11.8 Å². The molecular weight excluding hydrogens is 258 g/mol. The van der Waals surface area contributed by atoms with Crippen LogP contribution in [-0.4, -0.2) is 4.92 Å². The van der Waals surface area contributed by atoms with Crippen LogP contribution >= 0.6 is 22.9 Å². The van der Waals surface area contributed by atoms with Crippen LogP contribution in [0.4, 0.5) is 0 Å². The van der Waals surface area contributed by atoms with Gasteiger partial charge in [0, 0.05) is 16.3 Å². The van der Waals surface area contributed by atoms with E-state index in [1.807, 2.05) is 6.07 Å². The van der Waals surface area contributed by atoms with Crippen LogP contribution in [0.3, 0.4) is 0 Å². The first kappa shape index (κ1) is 11.8. The van der Waals surface area contributed by atoms with Gasteiger partial charge in [-0.1, -0.05) is 29.8 Å². The SMILES string of the molecule is O=[N+]([O-])C(=Cc1cc(Cl)cs1)c1ccccc1. The van der Waals surface area contributed by atoms with Crippen LogP contribution in [0.5, 0.6) is 0 Å². The van der Waals surface area contributed by atoms with Crippen LogP contribution in [0.1, 0.15) is 10.4 Å². The Kier molecular flexibility index (Phi) is 3.56. The van der Waals surface area contributed by atoms with Gasteiger partial charge in [0.05, 0.1) is 15.5 Å². The predicted molar refractivity (Wildman–Crippen MR) is 70.6 cm³/mol. The highest BCUT2D eigenvalue weighted by molar-refractivity contribution is 7.11. The molecule has 0 N–H and O–H groups in total. The third kappa shape index (κ3) is 2.93. The Labute approximate surface area is 107 Å². The third-order valence-corrected chi connectivity index (χ3v) is 3.36. The highest BCUT2D eigenvalue weighted by atomic mass is 35.5. The zero-order valence-corrected chi connectivity index (χ0v) is 10.2. The summed E-state index contributed by atoms with van der Waals surface area (Å²) in [5.74, 6) is 0. The van der Waals surface area contributed by atoms with Crippen molar-refractivity contribution in [2.45, 2.75) is 0 Å². The van der Waals surface area contributed by atoms with Gasteiger partial charge in [0.15, 0.2) is 0 Å². The van der Waals surface area contributed by atoms with Crippen LogP contribution in [0.2, 0.25) is 5.02 Å². The van der Waals surface area contributed by atoms with Crippen molar-refractivity contribution in [1.82, 2.24) is 0 Å². The van der Waals surface area contributed by atoms with E-state index in [9.17, 15) is 10.1 Å². The predicted octanol–water partition coefficient (Wildman–Crippen LogP) is 4.18. The summed E-state index contributed by atoms with van der Waals surface area (Å²) < 4.78 is 0. The maximum atomic E-state index is 11.0.